The molecule has 0 fully saturated rings. The van der Waals surface area contributed by atoms with Crippen LogP contribution in [-0.4, -0.2) is 22.3 Å². The van der Waals surface area contributed by atoms with E-state index in [4.69, 9.17) is 4.74 Å². The second kappa shape index (κ2) is 7.46. The van der Waals surface area contributed by atoms with Crippen LogP contribution in [0.15, 0.2) is 18.7 Å². The second-order valence-electron chi connectivity index (χ2n) is 3.98. The zero-order valence-electron chi connectivity index (χ0n) is 9.85. The number of ether oxygens (including phenoxy) is 1. The summed E-state index contributed by atoms with van der Waals surface area (Å²) in [4.78, 5) is 3.99. The molecule has 1 aromatic heterocycles. The third-order valence-electron chi connectivity index (χ3n) is 2.53. The summed E-state index contributed by atoms with van der Waals surface area (Å²) in [6.07, 6.45) is 11.0. The molecule has 1 rings (SSSR count). The molecule has 15 heavy (non-hydrogen) atoms. The Bertz CT molecular complexity index is 234. The highest BCUT2D eigenvalue weighted by molar-refractivity contribution is 4.73. The number of rotatable bonds is 8. The van der Waals surface area contributed by atoms with Gasteiger partial charge in [0, 0.05) is 18.9 Å². The van der Waals surface area contributed by atoms with Crippen molar-refractivity contribution in [2.24, 2.45) is 0 Å². The second-order valence-corrected chi connectivity index (χ2v) is 3.98. The first-order chi connectivity index (χ1) is 7.33. The van der Waals surface area contributed by atoms with Crippen molar-refractivity contribution < 1.29 is 4.74 Å². The van der Waals surface area contributed by atoms with Crippen LogP contribution in [0.5, 0.6) is 0 Å². The molecule has 0 aliphatic carbocycles. The van der Waals surface area contributed by atoms with Gasteiger partial charge in [0.05, 0.1) is 19.0 Å². The summed E-state index contributed by atoms with van der Waals surface area (Å²) in [5.41, 5.74) is 0. The molecule has 1 aromatic rings. The van der Waals surface area contributed by atoms with Gasteiger partial charge in [-0.3, -0.25) is 0 Å². The number of imidazole rings is 1. The zero-order valence-corrected chi connectivity index (χ0v) is 9.85. The third kappa shape index (κ3) is 5.57. The Morgan fingerprint density at radius 1 is 1.40 bits per heavy atom. The normalized spacial score (nSPS) is 12.9. The summed E-state index contributed by atoms with van der Waals surface area (Å²) >= 11 is 0. The Kier molecular flexibility index (Phi) is 6.09. The lowest BCUT2D eigenvalue weighted by Gasteiger charge is -2.12. The van der Waals surface area contributed by atoms with E-state index in [-0.39, 0.29) is 0 Å². The Balaban J connectivity index is 1.99. The average molecular weight is 210 g/mol. The summed E-state index contributed by atoms with van der Waals surface area (Å²) in [6, 6.07) is 0. The van der Waals surface area contributed by atoms with E-state index in [9.17, 15) is 0 Å². The number of nitrogens with zero attached hydrogens (tertiary/aromatic N) is 2. The number of hydrogen-bond acceptors (Lipinski definition) is 2. The van der Waals surface area contributed by atoms with Gasteiger partial charge in [-0.2, -0.15) is 0 Å². The number of hydrogen-bond donors (Lipinski definition) is 0. The first kappa shape index (κ1) is 12.2. The van der Waals surface area contributed by atoms with E-state index < -0.39 is 0 Å². The molecule has 0 aliphatic heterocycles. The lowest BCUT2D eigenvalue weighted by molar-refractivity contribution is 0.0531. The minimum absolute atomic E-state index is 0.389. The summed E-state index contributed by atoms with van der Waals surface area (Å²) in [6.45, 7) is 6.07. The maximum absolute atomic E-state index is 5.71. The van der Waals surface area contributed by atoms with Gasteiger partial charge in [0.15, 0.2) is 0 Å². The standard InChI is InChI=1S/C12H22N2O/c1-3-4-5-6-12(2)15-10-9-14-8-7-13-11-14/h7-8,11-12H,3-6,9-10H2,1-2H3. The van der Waals surface area contributed by atoms with Crippen molar-refractivity contribution in [2.75, 3.05) is 6.61 Å². The van der Waals surface area contributed by atoms with Gasteiger partial charge in [0.25, 0.3) is 0 Å². The van der Waals surface area contributed by atoms with Crippen LogP contribution >= 0.6 is 0 Å². The van der Waals surface area contributed by atoms with E-state index in [1.807, 2.05) is 17.1 Å². The molecule has 1 atom stereocenters. The monoisotopic (exact) mass is 210 g/mol. The highest BCUT2D eigenvalue weighted by Crippen LogP contribution is 2.06. The average Bonchev–Trinajstić information content (AvgIpc) is 2.71. The van der Waals surface area contributed by atoms with Crippen LogP contribution in [0.2, 0.25) is 0 Å². The van der Waals surface area contributed by atoms with Crippen LogP contribution in [-0.2, 0) is 11.3 Å². The van der Waals surface area contributed by atoms with Crippen LogP contribution in [0.4, 0.5) is 0 Å². The lowest BCUT2D eigenvalue weighted by atomic mass is 10.1. The first-order valence-corrected chi connectivity index (χ1v) is 5.90. The first-order valence-electron chi connectivity index (χ1n) is 5.90. The van der Waals surface area contributed by atoms with Crippen molar-refractivity contribution in [1.82, 2.24) is 9.55 Å². The topological polar surface area (TPSA) is 27.1 Å². The van der Waals surface area contributed by atoms with Gasteiger partial charge >= 0.3 is 0 Å². The van der Waals surface area contributed by atoms with Gasteiger partial charge in [0.2, 0.25) is 0 Å². The predicted octanol–water partition coefficient (Wildman–Crippen LogP) is 2.87. The van der Waals surface area contributed by atoms with E-state index >= 15 is 0 Å². The molecule has 0 saturated heterocycles. The van der Waals surface area contributed by atoms with Crippen LogP contribution in [0.3, 0.4) is 0 Å². The molecule has 1 heterocycles. The number of unbranched alkanes of at least 4 members (excludes halogenated alkanes) is 2. The molecule has 0 bridgehead atoms. The predicted molar refractivity (Wildman–Crippen MR) is 61.8 cm³/mol. The van der Waals surface area contributed by atoms with Gasteiger partial charge in [-0.25, -0.2) is 4.98 Å². The summed E-state index contributed by atoms with van der Waals surface area (Å²) in [5, 5.41) is 0. The fourth-order valence-corrected chi connectivity index (χ4v) is 1.54. The summed E-state index contributed by atoms with van der Waals surface area (Å²) < 4.78 is 7.75. The maximum Gasteiger partial charge on any atom is 0.0946 e. The lowest BCUT2D eigenvalue weighted by Crippen LogP contribution is -2.12. The SMILES string of the molecule is CCCCCC(C)OCCn1ccnc1. The van der Waals surface area contributed by atoms with Crippen molar-refractivity contribution in [3.05, 3.63) is 18.7 Å². The fraction of sp³-hybridized carbons (Fsp3) is 0.750. The fourth-order valence-electron chi connectivity index (χ4n) is 1.54. The molecule has 0 saturated carbocycles. The Labute approximate surface area is 92.5 Å². The molecule has 3 heteroatoms. The van der Waals surface area contributed by atoms with Crippen LogP contribution in [0, 0.1) is 0 Å². The zero-order chi connectivity index (χ0) is 10.9. The summed E-state index contributed by atoms with van der Waals surface area (Å²) in [7, 11) is 0. The van der Waals surface area contributed by atoms with Crippen LogP contribution < -0.4 is 0 Å². The van der Waals surface area contributed by atoms with E-state index in [0.29, 0.717) is 6.10 Å². The molecule has 0 amide bonds. The van der Waals surface area contributed by atoms with E-state index in [0.717, 1.165) is 13.2 Å². The highest BCUT2D eigenvalue weighted by Gasteiger charge is 2.01. The Morgan fingerprint density at radius 2 is 2.27 bits per heavy atom. The third-order valence-corrected chi connectivity index (χ3v) is 2.53. The van der Waals surface area contributed by atoms with Crippen molar-refractivity contribution in [3.63, 3.8) is 0 Å². The molecule has 0 radical (unpaired) electrons. The molecule has 0 aromatic carbocycles. The highest BCUT2D eigenvalue weighted by atomic mass is 16.5. The van der Waals surface area contributed by atoms with E-state index in [1.54, 1.807) is 6.20 Å². The maximum atomic E-state index is 5.71. The Hall–Kier alpha value is -0.830. The molecule has 0 aliphatic rings. The van der Waals surface area contributed by atoms with Crippen LogP contribution in [0.25, 0.3) is 0 Å². The van der Waals surface area contributed by atoms with Gasteiger partial charge in [0.1, 0.15) is 0 Å². The van der Waals surface area contributed by atoms with Crippen LogP contribution in [0.1, 0.15) is 39.5 Å². The van der Waals surface area contributed by atoms with Crippen molar-refractivity contribution in [2.45, 2.75) is 52.2 Å². The molecular formula is C12H22N2O. The minimum atomic E-state index is 0.389. The van der Waals surface area contributed by atoms with Crippen molar-refractivity contribution in [1.29, 1.82) is 0 Å². The molecule has 1 unspecified atom stereocenters. The molecule has 3 nitrogen and oxygen atoms in total. The van der Waals surface area contributed by atoms with Gasteiger partial charge in [-0.05, 0) is 13.3 Å². The minimum Gasteiger partial charge on any atom is -0.377 e. The largest absolute Gasteiger partial charge is 0.377 e. The van der Waals surface area contributed by atoms with Gasteiger partial charge < -0.3 is 9.30 Å². The Morgan fingerprint density at radius 3 is 2.93 bits per heavy atom. The molecule has 86 valence electrons. The van der Waals surface area contributed by atoms with Gasteiger partial charge in [-0.1, -0.05) is 26.2 Å². The quantitative estimate of drug-likeness (QED) is 0.617. The smallest absolute Gasteiger partial charge is 0.0946 e. The van der Waals surface area contributed by atoms with E-state index in [1.165, 1.54) is 25.7 Å². The number of aromatic nitrogens is 2. The van der Waals surface area contributed by atoms with E-state index in [2.05, 4.69) is 18.8 Å². The summed E-state index contributed by atoms with van der Waals surface area (Å²) in [5.74, 6) is 0. The molecule has 0 N–H and O–H groups in total. The molecular weight excluding hydrogens is 188 g/mol. The van der Waals surface area contributed by atoms with Crippen molar-refractivity contribution >= 4 is 0 Å². The van der Waals surface area contributed by atoms with Gasteiger partial charge in [-0.15, -0.1) is 0 Å². The molecule has 0 spiro atoms. The van der Waals surface area contributed by atoms with Crippen molar-refractivity contribution in [3.8, 4) is 0 Å².